The normalized spacial score (nSPS) is 12.6. The van der Waals surface area contributed by atoms with Gasteiger partial charge in [-0.2, -0.15) is 8.78 Å². The van der Waals surface area contributed by atoms with Gasteiger partial charge in [0.1, 0.15) is 12.0 Å². The number of hydrogen-bond donors (Lipinski definition) is 1. The largest absolute Gasteiger partial charge is 0.341 e. The van der Waals surface area contributed by atoms with E-state index in [4.69, 9.17) is 0 Å². The zero-order valence-electron chi connectivity index (χ0n) is 12.8. The molecule has 0 saturated heterocycles. The van der Waals surface area contributed by atoms with Gasteiger partial charge in [0, 0.05) is 12.2 Å². The molecule has 0 spiro atoms. The number of hydrogen-bond acceptors (Lipinski definition) is 3. The Hall–Kier alpha value is -2.25. The molecule has 120 valence electrons. The van der Waals surface area contributed by atoms with E-state index in [-0.39, 0.29) is 5.69 Å². The smallest absolute Gasteiger partial charge is 0.319 e. The van der Waals surface area contributed by atoms with Crippen LogP contribution in [-0.4, -0.2) is 25.2 Å². The van der Waals surface area contributed by atoms with Crippen molar-refractivity contribution < 1.29 is 13.6 Å². The Balaban J connectivity index is 2.16. The number of nitrogens with zero attached hydrogens (tertiary/aromatic N) is 4. The van der Waals surface area contributed by atoms with Crippen LogP contribution in [0.15, 0.2) is 18.5 Å². The van der Waals surface area contributed by atoms with Crippen LogP contribution in [0.2, 0.25) is 0 Å². The van der Waals surface area contributed by atoms with E-state index in [2.05, 4.69) is 15.5 Å². The summed E-state index contributed by atoms with van der Waals surface area (Å²) in [7, 11) is 0. The first-order chi connectivity index (χ1) is 10.5. The molecule has 0 radical (unpaired) electrons. The molecule has 0 aliphatic rings. The van der Waals surface area contributed by atoms with Gasteiger partial charge >= 0.3 is 6.55 Å². The Labute approximate surface area is 127 Å². The Bertz CT molecular complexity index is 649. The lowest BCUT2D eigenvalue weighted by Gasteiger charge is -2.16. The molecule has 2 heterocycles. The van der Waals surface area contributed by atoms with Crippen LogP contribution < -0.4 is 5.32 Å². The number of carbonyl (C=O) groups is 1. The fourth-order valence-corrected chi connectivity index (χ4v) is 2.34. The number of aryl methyl sites for hydroxylation is 2. The molecule has 6 nitrogen and oxygen atoms in total. The van der Waals surface area contributed by atoms with Gasteiger partial charge in [-0.25, -0.2) is 0 Å². The molecule has 22 heavy (non-hydrogen) atoms. The van der Waals surface area contributed by atoms with Gasteiger partial charge in [-0.3, -0.25) is 9.36 Å². The lowest BCUT2D eigenvalue weighted by atomic mass is 10.3. The summed E-state index contributed by atoms with van der Waals surface area (Å²) in [5.41, 5.74) is 0.267. The summed E-state index contributed by atoms with van der Waals surface area (Å²) in [6, 6.07) is 2.45. The van der Waals surface area contributed by atoms with Gasteiger partial charge in [-0.1, -0.05) is 6.92 Å². The zero-order valence-corrected chi connectivity index (χ0v) is 12.8. The van der Waals surface area contributed by atoms with Crippen molar-refractivity contribution in [1.82, 2.24) is 24.6 Å². The van der Waals surface area contributed by atoms with Crippen molar-refractivity contribution in [3.8, 4) is 0 Å². The summed E-state index contributed by atoms with van der Waals surface area (Å²) in [6.07, 6.45) is 2.49. The number of amides is 1. The molecule has 2 aromatic heterocycles. The van der Waals surface area contributed by atoms with Crippen LogP contribution >= 0.6 is 0 Å². The maximum atomic E-state index is 13.0. The summed E-state index contributed by atoms with van der Waals surface area (Å²) in [6.45, 7) is 3.27. The second-order valence-corrected chi connectivity index (χ2v) is 5.09. The maximum absolute atomic E-state index is 13.0. The molecule has 1 N–H and O–H groups in total. The van der Waals surface area contributed by atoms with Crippen LogP contribution in [0.25, 0.3) is 0 Å². The highest BCUT2D eigenvalue weighted by atomic mass is 19.3. The summed E-state index contributed by atoms with van der Waals surface area (Å²) >= 11 is 0. The van der Waals surface area contributed by atoms with Crippen LogP contribution in [0.4, 0.5) is 8.78 Å². The fourth-order valence-electron chi connectivity index (χ4n) is 2.34. The average Bonchev–Trinajstić information content (AvgIpc) is 3.05. The van der Waals surface area contributed by atoms with E-state index < -0.39 is 18.5 Å². The second-order valence-electron chi connectivity index (χ2n) is 5.09. The zero-order chi connectivity index (χ0) is 16.3. The Morgan fingerprint density at radius 1 is 1.41 bits per heavy atom. The predicted molar refractivity (Wildman–Crippen MR) is 76.6 cm³/mol. The van der Waals surface area contributed by atoms with E-state index in [1.807, 2.05) is 11.5 Å². The molecule has 0 bridgehead atoms. The van der Waals surface area contributed by atoms with E-state index >= 15 is 0 Å². The Morgan fingerprint density at radius 3 is 2.77 bits per heavy atom. The number of aromatic nitrogens is 4. The third-order valence-corrected chi connectivity index (χ3v) is 3.39. The highest BCUT2D eigenvalue weighted by Gasteiger charge is 2.22. The molecule has 0 saturated carbocycles. The number of rotatable bonds is 6. The molecule has 0 fully saturated rings. The van der Waals surface area contributed by atoms with Crippen molar-refractivity contribution >= 4 is 5.91 Å². The van der Waals surface area contributed by atoms with Crippen molar-refractivity contribution in [2.24, 2.45) is 0 Å². The van der Waals surface area contributed by atoms with Crippen molar-refractivity contribution in [1.29, 1.82) is 0 Å². The molecule has 1 amide bonds. The first-order valence-corrected chi connectivity index (χ1v) is 7.10. The van der Waals surface area contributed by atoms with Crippen molar-refractivity contribution in [2.45, 2.75) is 46.3 Å². The molecule has 0 aliphatic carbocycles. The summed E-state index contributed by atoms with van der Waals surface area (Å²) in [5, 5.41) is 10.5. The lowest BCUT2D eigenvalue weighted by Crippen LogP contribution is -2.30. The van der Waals surface area contributed by atoms with Gasteiger partial charge < -0.3 is 9.88 Å². The van der Waals surface area contributed by atoms with E-state index in [9.17, 15) is 13.6 Å². The average molecular weight is 311 g/mol. The van der Waals surface area contributed by atoms with Crippen LogP contribution in [-0.2, 0) is 6.54 Å². The van der Waals surface area contributed by atoms with Crippen molar-refractivity contribution in [2.75, 3.05) is 0 Å². The van der Waals surface area contributed by atoms with E-state index in [1.165, 1.54) is 19.1 Å². The fraction of sp³-hybridized carbons (Fsp3) is 0.500. The van der Waals surface area contributed by atoms with E-state index in [1.54, 1.807) is 13.3 Å². The molecular weight excluding hydrogens is 292 g/mol. The minimum atomic E-state index is -2.75. The summed E-state index contributed by atoms with van der Waals surface area (Å²) in [5.74, 6) is 0.0361. The van der Waals surface area contributed by atoms with Crippen LogP contribution in [0, 0.1) is 6.92 Å². The number of alkyl halides is 2. The first kappa shape index (κ1) is 16.1. The van der Waals surface area contributed by atoms with E-state index in [0.717, 1.165) is 13.0 Å². The molecule has 0 unspecified atom stereocenters. The third kappa shape index (κ3) is 3.15. The predicted octanol–water partition coefficient (Wildman–Crippen LogP) is 2.68. The van der Waals surface area contributed by atoms with E-state index in [0.29, 0.717) is 16.1 Å². The minimum absolute atomic E-state index is 0.0686. The monoisotopic (exact) mass is 311 g/mol. The second kappa shape index (κ2) is 6.67. The minimum Gasteiger partial charge on any atom is -0.341 e. The summed E-state index contributed by atoms with van der Waals surface area (Å²) in [4.78, 5) is 12.2. The van der Waals surface area contributed by atoms with Gasteiger partial charge in [-0.15, -0.1) is 10.2 Å². The molecule has 0 aliphatic heterocycles. The highest BCUT2D eigenvalue weighted by molar-refractivity contribution is 5.93. The number of carbonyl (C=O) groups excluding carboxylic acids is 1. The number of nitrogens with one attached hydrogen (secondary N) is 1. The van der Waals surface area contributed by atoms with Crippen LogP contribution in [0.5, 0.6) is 0 Å². The standard InChI is InChI=1S/C14H19F2N5O/c1-4-7-20-8-17-19-12(20)10(3)18-13(22)11-6-5-9(2)21(11)14(15)16/h5-6,8,10,14H,4,7H2,1-3H3,(H,18,22)/t10-/m0/s1. The molecule has 2 rings (SSSR count). The highest BCUT2D eigenvalue weighted by Crippen LogP contribution is 2.19. The van der Waals surface area contributed by atoms with Crippen molar-refractivity contribution in [3.63, 3.8) is 0 Å². The van der Waals surface area contributed by atoms with Gasteiger partial charge in [0.25, 0.3) is 5.91 Å². The quantitative estimate of drug-likeness (QED) is 0.892. The first-order valence-electron chi connectivity index (χ1n) is 7.10. The maximum Gasteiger partial charge on any atom is 0.319 e. The van der Waals surface area contributed by atoms with Crippen LogP contribution in [0.1, 0.15) is 54.9 Å². The third-order valence-electron chi connectivity index (χ3n) is 3.39. The number of halogens is 2. The molecular formula is C14H19F2N5O. The van der Waals surface area contributed by atoms with Gasteiger partial charge in [0.05, 0.1) is 6.04 Å². The lowest BCUT2D eigenvalue weighted by molar-refractivity contribution is 0.0614. The molecule has 0 aromatic carbocycles. The Kier molecular flexibility index (Phi) is 4.89. The molecule has 8 heteroatoms. The summed E-state index contributed by atoms with van der Waals surface area (Å²) < 4.78 is 28.6. The van der Waals surface area contributed by atoms with Gasteiger partial charge in [0.2, 0.25) is 0 Å². The SMILES string of the molecule is CCCn1cnnc1[C@H](C)NC(=O)c1ccc(C)n1C(F)F. The van der Waals surface area contributed by atoms with Gasteiger partial charge in [0.15, 0.2) is 5.82 Å². The van der Waals surface area contributed by atoms with Gasteiger partial charge in [-0.05, 0) is 32.4 Å². The van der Waals surface area contributed by atoms with Crippen LogP contribution in [0.3, 0.4) is 0 Å². The topological polar surface area (TPSA) is 64.7 Å². The Morgan fingerprint density at radius 2 is 2.14 bits per heavy atom. The van der Waals surface area contributed by atoms with Crippen molar-refractivity contribution in [3.05, 3.63) is 35.7 Å². The molecule has 1 atom stereocenters. The molecule has 2 aromatic rings.